The average molecular weight is 250 g/mol. The van der Waals surface area contributed by atoms with Crippen LogP contribution in [0.4, 0.5) is 14.9 Å². The lowest BCUT2D eigenvalue weighted by Gasteiger charge is -2.07. The van der Waals surface area contributed by atoms with Crippen molar-refractivity contribution in [3.05, 3.63) is 29.6 Å². The highest BCUT2D eigenvalue weighted by Gasteiger charge is 2.04. The summed E-state index contributed by atoms with van der Waals surface area (Å²) in [5.41, 5.74) is 0.588. The van der Waals surface area contributed by atoms with Crippen LogP contribution in [0.25, 0.3) is 0 Å². The Morgan fingerprint density at radius 3 is 2.94 bits per heavy atom. The molecule has 0 atom stereocenters. The highest BCUT2D eigenvalue weighted by atomic mass is 19.1. The van der Waals surface area contributed by atoms with Gasteiger partial charge in [0.1, 0.15) is 12.4 Å². The van der Waals surface area contributed by atoms with Crippen molar-refractivity contribution in [2.24, 2.45) is 0 Å². The molecular formula is C13H15FN2O2. The number of aliphatic hydroxyl groups is 1. The number of carbonyl (C=O) groups excluding carboxylic acids is 1. The van der Waals surface area contributed by atoms with Crippen molar-refractivity contribution in [2.75, 3.05) is 18.5 Å². The van der Waals surface area contributed by atoms with Crippen molar-refractivity contribution in [3.63, 3.8) is 0 Å². The Hall–Kier alpha value is -2.06. The van der Waals surface area contributed by atoms with E-state index in [4.69, 9.17) is 5.11 Å². The Bertz CT molecular complexity index is 478. The van der Waals surface area contributed by atoms with Gasteiger partial charge in [-0.25, -0.2) is 9.18 Å². The fraction of sp³-hybridized carbons (Fsp3) is 0.308. The molecule has 0 aliphatic heterocycles. The van der Waals surface area contributed by atoms with Crippen LogP contribution in [0.1, 0.15) is 18.9 Å². The summed E-state index contributed by atoms with van der Waals surface area (Å²) in [7, 11) is 0. The van der Waals surface area contributed by atoms with Gasteiger partial charge in [0.2, 0.25) is 0 Å². The molecule has 0 aliphatic rings. The van der Waals surface area contributed by atoms with Crippen molar-refractivity contribution < 1.29 is 14.3 Å². The van der Waals surface area contributed by atoms with Crippen LogP contribution in [0, 0.1) is 17.7 Å². The standard InChI is InChI=1S/C13H15FN2O2/c1-2-7-15-13(18)16-11-5-6-12(14)10(9-11)4-3-8-17/h5-6,9,17H,2,7-8H2,1H3,(H2,15,16,18). The minimum Gasteiger partial charge on any atom is -0.384 e. The largest absolute Gasteiger partial charge is 0.384 e. The van der Waals surface area contributed by atoms with Crippen LogP contribution >= 0.6 is 0 Å². The fourth-order valence-corrected chi connectivity index (χ4v) is 1.25. The molecule has 0 saturated carbocycles. The molecule has 3 N–H and O–H groups in total. The van der Waals surface area contributed by atoms with Gasteiger partial charge in [-0.2, -0.15) is 0 Å². The lowest BCUT2D eigenvalue weighted by atomic mass is 10.2. The first kappa shape index (κ1) is 14.0. The number of carbonyl (C=O) groups is 1. The molecule has 0 bridgehead atoms. The lowest BCUT2D eigenvalue weighted by Crippen LogP contribution is -2.29. The molecule has 1 aromatic rings. The van der Waals surface area contributed by atoms with Crippen LogP contribution in [0.2, 0.25) is 0 Å². The van der Waals surface area contributed by atoms with E-state index in [2.05, 4.69) is 22.5 Å². The molecule has 1 rings (SSSR count). The number of hydrogen-bond donors (Lipinski definition) is 3. The number of hydrogen-bond acceptors (Lipinski definition) is 2. The molecule has 18 heavy (non-hydrogen) atoms. The van der Waals surface area contributed by atoms with E-state index in [0.717, 1.165) is 6.42 Å². The van der Waals surface area contributed by atoms with E-state index in [1.807, 2.05) is 6.92 Å². The number of halogens is 1. The summed E-state index contributed by atoms with van der Waals surface area (Å²) in [6, 6.07) is 3.75. The zero-order valence-electron chi connectivity index (χ0n) is 10.1. The second-order valence-electron chi connectivity index (χ2n) is 3.54. The molecule has 0 heterocycles. The van der Waals surface area contributed by atoms with E-state index >= 15 is 0 Å². The van der Waals surface area contributed by atoms with Crippen LogP contribution in [0.5, 0.6) is 0 Å². The predicted octanol–water partition coefficient (Wildman–Crippen LogP) is 1.70. The zero-order valence-corrected chi connectivity index (χ0v) is 10.1. The molecular weight excluding hydrogens is 235 g/mol. The van der Waals surface area contributed by atoms with E-state index in [1.165, 1.54) is 18.2 Å². The molecule has 1 aromatic carbocycles. The van der Waals surface area contributed by atoms with Gasteiger partial charge in [-0.3, -0.25) is 0 Å². The summed E-state index contributed by atoms with van der Waals surface area (Å²) in [6.07, 6.45) is 0.837. The molecule has 0 fully saturated rings. The molecule has 5 heteroatoms. The molecule has 0 spiro atoms. The van der Waals surface area contributed by atoms with E-state index < -0.39 is 5.82 Å². The van der Waals surface area contributed by atoms with Crippen molar-refractivity contribution in [3.8, 4) is 11.8 Å². The summed E-state index contributed by atoms with van der Waals surface area (Å²) >= 11 is 0. The third-order valence-corrected chi connectivity index (χ3v) is 2.06. The molecule has 96 valence electrons. The first-order valence-electron chi connectivity index (χ1n) is 5.61. The first-order valence-corrected chi connectivity index (χ1v) is 5.61. The van der Waals surface area contributed by atoms with Gasteiger partial charge in [0.15, 0.2) is 0 Å². The van der Waals surface area contributed by atoms with Gasteiger partial charge in [-0.15, -0.1) is 0 Å². The first-order chi connectivity index (χ1) is 8.67. The maximum atomic E-state index is 13.3. The number of nitrogens with one attached hydrogen (secondary N) is 2. The lowest BCUT2D eigenvalue weighted by molar-refractivity contribution is 0.252. The second kappa shape index (κ2) is 7.30. The summed E-state index contributed by atoms with van der Waals surface area (Å²) in [4.78, 5) is 11.4. The third kappa shape index (κ3) is 4.44. The van der Waals surface area contributed by atoms with Gasteiger partial charge < -0.3 is 15.7 Å². The van der Waals surface area contributed by atoms with Crippen LogP contribution < -0.4 is 10.6 Å². The van der Waals surface area contributed by atoms with E-state index in [9.17, 15) is 9.18 Å². The summed E-state index contributed by atoms with van der Waals surface area (Å²) in [5.74, 6) is 4.34. The topological polar surface area (TPSA) is 61.4 Å². The normalized spacial score (nSPS) is 9.28. The van der Waals surface area contributed by atoms with Gasteiger partial charge in [-0.1, -0.05) is 18.8 Å². The SMILES string of the molecule is CCCNC(=O)Nc1ccc(F)c(C#CCO)c1. The Morgan fingerprint density at radius 2 is 2.28 bits per heavy atom. The van der Waals surface area contributed by atoms with Crippen LogP contribution in [-0.2, 0) is 0 Å². The van der Waals surface area contributed by atoms with Crippen LogP contribution in [-0.4, -0.2) is 24.3 Å². The number of anilines is 1. The molecule has 0 aromatic heterocycles. The smallest absolute Gasteiger partial charge is 0.319 e. The summed E-state index contributed by atoms with van der Waals surface area (Å²) < 4.78 is 13.3. The number of benzene rings is 1. The Morgan fingerprint density at radius 1 is 1.50 bits per heavy atom. The maximum Gasteiger partial charge on any atom is 0.319 e. The van der Waals surface area contributed by atoms with Crippen LogP contribution in [0.15, 0.2) is 18.2 Å². The van der Waals surface area contributed by atoms with Gasteiger partial charge in [0, 0.05) is 12.2 Å². The summed E-state index contributed by atoms with van der Waals surface area (Å²) in [5, 5.41) is 13.8. The minimum atomic E-state index is -0.490. The van der Waals surface area contributed by atoms with E-state index in [-0.39, 0.29) is 18.2 Å². The van der Waals surface area contributed by atoms with Gasteiger partial charge >= 0.3 is 6.03 Å². The number of amides is 2. The van der Waals surface area contributed by atoms with Crippen molar-refractivity contribution in [1.29, 1.82) is 0 Å². The van der Waals surface area contributed by atoms with E-state index in [0.29, 0.717) is 12.2 Å². The molecule has 0 saturated heterocycles. The number of aliphatic hydroxyl groups excluding tert-OH is 1. The fourth-order valence-electron chi connectivity index (χ4n) is 1.25. The van der Waals surface area contributed by atoms with Crippen molar-refractivity contribution >= 4 is 11.7 Å². The third-order valence-electron chi connectivity index (χ3n) is 2.06. The molecule has 2 amide bonds. The van der Waals surface area contributed by atoms with Crippen molar-refractivity contribution in [1.82, 2.24) is 5.32 Å². The zero-order chi connectivity index (χ0) is 13.4. The van der Waals surface area contributed by atoms with Crippen LogP contribution in [0.3, 0.4) is 0 Å². The highest BCUT2D eigenvalue weighted by molar-refractivity contribution is 5.89. The number of rotatable bonds is 3. The van der Waals surface area contributed by atoms with Gasteiger partial charge in [0.25, 0.3) is 0 Å². The monoisotopic (exact) mass is 250 g/mol. The quantitative estimate of drug-likeness (QED) is 0.715. The molecule has 0 radical (unpaired) electrons. The average Bonchev–Trinajstić information content (AvgIpc) is 2.37. The molecule has 0 unspecified atom stereocenters. The maximum absolute atomic E-state index is 13.3. The summed E-state index contributed by atoms with van der Waals surface area (Å²) in [6.45, 7) is 2.18. The molecule has 4 nitrogen and oxygen atoms in total. The Labute approximate surface area is 105 Å². The minimum absolute atomic E-state index is 0.136. The van der Waals surface area contributed by atoms with Gasteiger partial charge in [-0.05, 0) is 24.6 Å². The van der Waals surface area contributed by atoms with Gasteiger partial charge in [0.05, 0.1) is 5.56 Å². The number of urea groups is 1. The van der Waals surface area contributed by atoms with Crippen molar-refractivity contribution in [2.45, 2.75) is 13.3 Å². The second-order valence-corrected chi connectivity index (χ2v) is 3.54. The Kier molecular flexibility index (Phi) is 5.68. The Balaban J connectivity index is 2.75. The predicted molar refractivity (Wildman–Crippen MR) is 67.7 cm³/mol. The highest BCUT2D eigenvalue weighted by Crippen LogP contribution is 2.13. The molecule has 0 aliphatic carbocycles. The van der Waals surface area contributed by atoms with E-state index in [1.54, 1.807) is 0 Å².